The number of nitrogens with two attached hydrogens (primary N) is 1. The third-order valence-electron chi connectivity index (χ3n) is 3.07. The number of hydrogen-bond acceptors (Lipinski definition) is 3. The van der Waals surface area contributed by atoms with Crippen molar-refractivity contribution in [2.75, 3.05) is 25.0 Å². The Labute approximate surface area is 102 Å². The van der Waals surface area contributed by atoms with Crippen LogP contribution in [0.3, 0.4) is 0 Å². The second-order valence-corrected chi connectivity index (χ2v) is 4.36. The van der Waals surface area contributed by atoms with E-state index in [9.17, 15) is 4.79 Å². The molecule has 0 saturated heterocycles. The minimum Gasteiger partial charge on any atom is -0.384 e. The lowest BCUT2D eigenvalue weighted by Gasteiger charge is -2.10. The first-order valence-electron chi connectivity index (χ1n) is 6.11. The molecule has 1 atom stereocenters. The van der Waals surface area contributed by atoms with E-state index in [1.165, 1.54) is 5.56 Å². The lowest BCUT2D eigenvalue weighted by atomic mass is 9.97. The van der Waals surface area contributed by atoms with Gasteiger partial charge >= 0.3 is 0 Å². The predicted octanol–water partition coefficient (Wildman–Crippen LogP) is 1.05. The molecule has 0 saturated carbocycles. The van der Waals surface area contributed by atoms with Gasteiger partial charge in [-0.3, -0.25) is 4.79 Å². The zero-order chi connectivity index (χ0) is 12.1. The quantitative estimate of drug-likeness (QED) is 0.666. The molecule has 2 rings (SSSR count). The SMILES string of the molecule is NCCCNC(=O)CC1CNc2ccccc21. The second-order valence-electron chi connectivity index (χ2n) is 4.36. The molecule has 0 bridgehead atoms. The number of carbonyl (C=O) groups is 1. The van der Waals surface area contributed by atoms with Crippen molar-refractivity contribution in [3.63, 3.8) is 0 Å². The summed E-state index contributed by atoms with van der Waals surface area (Å²) in [6.45, 7) is 2.15. The van der Waals surface area contributed by atoms with Crippen molar-refractivity contribution in [3.05, 3.63) is 29.8 Å². The number of carbonyl (C=O) groups excluding carboxylic acids is 1. The standard InChI is InChI=1S/C13H19N3O/c14-6-3-7-15-13(17)8-10-9-16-12-5-2-1-4-11(10)12/h1-2,4-5,10,16H,3,6-9,14H2,(H,15,17). The van der Waals surface area contributed by atoms with Gasteiger partial charge in [-0.15, -0.1) is 0 Å². The lowest BCUT2D eigenvalue weighted by molar-refractivity contribution is -0.121. The molecule has 0 radical (unpaired) electrons. The summed E-state index contributed by atoms with van der Waals surface area (Å²) in [4.78, 5) is 11.7. The molecular formula is C13H19N3O. The Morgan fingerprint density at radius 3 is 3.12 bits per heavy atom. The number of anilines is 1. The highest BCUT2D eigenvalue weighted by Gasteiger charge is 2.23. The van der Waals surface area contributed by atoms with Gasteiger partial charge < -0.3 is 16.4 Å². The van der Waals surface area contributed by atoms with E-state index >= 15 is 0 Å². The van der Waals surface area contributed by atoms with Gasteiger partial charge in [-0.1, -0.05) is 18.2 Å². The molecule has 1 aliphatic heterocycles. The Hall–Kier alpha value is -1.55. The molecule has 0 spiro atoms. The maximum Gasteiger partial charge on any atom is 0.220 e. The maximum atomic E-state index is 11.7. The van der Waals surface area contributed by atoms with Crippen LogP contribution in [-0.4, -0.2) is 25.5 Å². The van der Waals surface area contributed by atoms with Crippen LogP contribution >= 0.6 is 0 Å². The van der Waals surface area contributed by atoms with Crippen molar-refractivity contribution < 1.29 is 4.79 Å². The average Bonchev–Trinajstić information content (AvgIpc) is 2.73. The van der Waals surface area contributed by atoms with Crippen molar-refractivity contribution in [2.45, 2.75) is 18.8 Å². The highest BCUT2D eigenvalue weighted by Crippen LogP contribution is 2.32. The second kappa shape index (κ2) is 5.68. The molecular weight excluding hydrogens is 214 g/mol. The Bertz CT molecular complexity index is 392. The Kier molecular flexibility index (Phi) is 3.98. The molecule has 0 aromatic heterocycles. The van der Waals surface area contributed by atoms with E-state index in [0.29, 0.717) is 25.4 Å². The summed E-state index contributed by atoms with van der Waals surface area (Å²) in [6.07, 6.45) is 1.39. The molecule has 0 aliphatic carbocycles. The number of nitrogens with one attached hydrogen (secondary N) is 2. The fourth-order valence-corrected chi connectivity index (χ4v) is 2.17. The molecule has 1 aromatic rings. The summed E-state index contributed by atoms with van der Waals surface area (Å²) < 4.78 is 0. The molecule has 4 heteroatoms. The molecule has 4 N–H and O–H groups in total. The molecule has 1 amide bonds. The van der Waals surface area contributed by atoms with Crippen LogP contribution in [0.25, 0.3) is 0 Å². The van der Waals surface area contributed by atoms with E-state index in [0.717, 1.165) is 18.7 Å². The zero-order valence-electron chi connectivity index (χ0n) is 9.91. The number of para-hydroxylation sites is 1. The fraction of sp³-hybridized carbons (Fsp3) is 0.462. The third-order valence-corrected chi connectivity index (χ3v) is 3.07. The normalized spacial score (nSPS) is 17.4. The smallest absolute Gasteiger partial charge is 0.220 e. The predicted molar refractivity (Wildman–Crippen MR) is 69.0 cm³/mol. The van der Waals surface area contributed by atoms with Gasteiger partial charge in [-0.25, -0.2) is 0 Å². The van der Waals surface area contributed by atoms with Crippen LogP contribution in [0.1, 0.15) is 24.3 Å². The highest BCUT2D eigenvalue weighted by atomic mass is 16.1. The molecule has 92 valence electrons. The van der Waals surface area contributed by atoms with E-state index in [4.69, 9.17) is 5.73 Å². The van der Waals surface area contributed by atoms with Crippen LogP contribution in [0, 0.1) is 0 Å². The van der Waals surface area contributed by atoms with E-state index < -0.39 is 0 Å². The minimum absolute atomic E-state index is 0.113. The van der Waals surface area contributed by atoms with Gasteiger partial charge in [-0.2, -0.15) is 0 Å². The van der Waals surface area contributed by atoms with Crippen molar-refractivity contribution in [3.8, 4) is 0 Å². The van der Waals surface area contributed by atoms with Crippen molar-refractivity contribution in [1.82, 2.24) is 5.32 Å². The third kappa shape index (κ3) is 2.97. The topological polar surface area (TPSA) is 67.1 Å². The summed E-state index contributed by atoms with van der Waals surface area (Å²) in [5.74, 6) is 0.408. The van der Waals surface area contributed by atoms with Crippen molar-refractivity contribution in [2.24, 2.45) is 5.73 Å². The summed E-state index contributed by atoms with van der Waals surface area (Å²) >= 11 is 0. The molecule has 4 nitrogen and oxygen atoms in total. The van der Waals surface area contributed by atoms with Crippen LogP contribution in [-0.2, 0) is 4.79 Å². The lowest BCUT2D eigenvalue weighted by Crippen LogP contribution is -2.27. The van der Waals surface area contributed by atoms with Crippen molar-refractivity contribution >= 4 is 11.6 Å². The van der Waals surface area contributed by atoms with E-state index in [-0.39, 0.29) is 5.91 Å². The summed E-state index contributed by atoms with van der Waals surface area (Å²) in [7, 11) is 0. The van der Waals surface area contributed by atoms with E-state index in [2.05, 4.69) is 22.8 Å². The number of amides is 1. The van der Waals surface area contributed by atoms with Gasteiger partial charge in [0, 0.05) is 31.1 Å². The van der Waals surface area contributed by atoms with E-state index in [1.807, 2.05) is 12.1 Å². The Balaban J connectivity index is 1.87. The van der Waals surface area contributed by atoms with E-state index in [1.54, 1.807) is 0 Å². The zero-order valence-corrected chi connectivity index (χ0v) is 9.91. The first kappa shape index (κ1) is 11.9. The molecule has 1 aromatic carbocycles. The monoisotopic (exact) mass is 233 g/mol. The Morgan fingerprint density at radius 1 is 1.47 bits per heavy atom. The van der Waals surface area contributed by atoms with Gasteiger partial charge in [0.15, 0.2) is 0 Å². The van der Waals surface area contributed by atoms with Crippen LogP contribution in [0.15, 0.2) is 24.3 Å². The fourth-order valence-electron chi connectivity index (χ4n) is 2.17. The highest BCUT2D eigenvalue weighted by molar-refractivity contribution is 5.78. The molecule has 1 aliphatic rings. The first-order valence-corrected chi connectivity index (χ1v) is 6.11. The van der Waals surface area contributed by atoms with Gasteiger partial charge in [0.1, 0.15) is 0 Å². The number of benzene rings is 1. The first-order chi connectivity index (χ1) is 8.31. The van der Waals surface area contributed by atoms with Crippen molar-refractivity contribution in [1.29, 1.82) is 0 Å². The van der Waals surface area contributed by atoms with Gasteiger partial charge in [-0.05, 0) is 24.6 Å². The number of fused-ring (bicyclic) bond motifs is 1. The molecule has 17 heavy (non-hydrogen) atoms. The number of hydrogen-bond donors (Lipinski definition) is 3. The average molecular weight is 233 g/mol. The molecule has 1 unspecified atom stereocenters. The van der Waals surface area contributed by atoms with Gasteiger partial charge in [0.25, 0.3) is 0 Å². The summed E-state index contributed by atoms with van der Waals surface area (Å²) in [6, 6.07) is 8.18. The molecule has 0 fully saturated rings. The van der Waals surface area contributed by atoms with Crippen LogP contribution < -0.4 is 16.4 Å². The molecule has 1 heterocycles. The number of rotatable bonds is 5. The Morgan fingerprint density at radius 2 is 2.29 bits per heavy atom. The minimum atomic E-state index is 0.113. The van der Waals surface area contributed by atoms with Gasteiger partial charge in [0.05, 0.1) is 0 Å². The van der Waals surface area contributed by atoms with Crippen LogP contribution in [0.2, 0.25) is 0 Å². The maximum absolute atomic E-state index is 11.7. The largest absolute Gasteiger partial charge is 0.384 e. The van der Waals surface area contributed by atoms with Crippen LogP contribution in [0.4, 0.5) is 5.69 Å². The summed E-state index contributed by atoms with van der Waals surface area (Å²) in [5.41, 5.74) is 7.79. The van der Waals surface area contributed by atoms with Crippen LogP contribution in [0.5, 0.6) is 0 Å². The van der Waals surface area contributed by atoms with Gasteiger partial charge in [0.2, 0.25) is 5.91 Å². The summed E-state index contributed by atoms with van der Waals surface area (Å²) in [5, 5.41) is 6.22.